The molecule has 0 bridgehead atoms. The van der Waals surface area contributed by atoms with E-state index < -0.39 is 11.5 Å². The summed E-state index contributed by atoms with van der Waals surface area (Å²) in [6, 6.07) is 0.331. The number of rotatable bonds is 5. The number of aliphatic carboxylic acids is 1. The molecule has 0 radical (unpaired) electrons. The molecule has 0 spiro atoms. The molecule has 0 amide bonds. The molecule has 2 N–H and O–H groups in total. The number of nitrogens with zero attached hydrogens (tertiary/aromatic N) is 2. The Bertz CT molecular complexity index is 536. The fourth-order valence-electron chi connectivity index (χ4n) is 3.73. The molecule has 1 heterocycles. The normalized spacial score (nSPS) is 25.7. The maximum absolute atomic E-state index is 11.8. The fraction of sp³-hybridized carbons (Fsp3) is 0.750. The highest BCUT2D eigenvalue weighted by molar-refractivity contribution is 5.79. The van der Waals surface area contributed by atoms with E-state index in [1.54, 1.807) is 0 Å². The van der Waals surface area contributed by atoms with Gasteiger partial charge >= 0.3 is 5.97 Å². The highest BCUT2D eigenvalue weighted by atomic mass is 16.4. The summed E-state index contributed by atoms with van der Waals surface area (Å²) >= 11 is 0. The minimum Gasteiger partial charge on any atom is -0.480 e. The van der Waals surface area contributed by atoms with Crippen molar-refractivity contribution in [2.75, 3.05) is 0 Å². The molecule has 1 aromatic heterocycles. The lowest BCUT2D eigenvalue weighted by Crippen LogP contribution is -2.53. The van der Waals surface area contributed by atoms with Gasteiger partial charge in [-0.1, -0.05) is 6.92 Å². The van der Waals surface area contributed by atoms with Crippen LogP contribution in [0.2, 0.25) is 0 Å². The Kier molecular flexibility index (Phi) is 4.42. The third-order valence-electron chi connectivity index (χ3n) is 4.64. The third kappa shape index (κ3) is 2.84. The van der Waals surface area contributed by atoms with E-state index in [0.717, 1.165) is 18.5 Å². The molecule has 0 saturated heterocycles. The third-order valence-corrected chi connectivity index (χ3v) is 4.64. The number of hydrogen-bond donors (Lipinski definition) is 2. The van der Waals surface area contributed by atoms with E-state index in [4.69, 9.17) is 0 Å². The maximum atomic E-state index is 11.8. The Morgan fingerprint density at radius 1 is 1.52 bits per heavy atom. The summed E-state index contributed by atoms with van der Waals surface area (Å²) in [5.41, 5.74) is 2.74. The largest absolute Gasteiger partial charge is 0.480 e. The second-order valence-corrected chi connectivity index (χ2v) is 6.53. The van der Waals surface area contributed by atoms with Gasteiger partial charge in [-0.3, -0.25) is 14.8 Å². The van der Waals surface area contributed by atoms with Crippen LogP contribution < -0.4 is 5.32 Å². The smallest absolute Gasteiger partial charge is 0.323 e. The van der Waals surface area contributed by atoms with Crippen molar-refractivity contribution in [1.29, 1.82) is 0 Å². The van der Waals surface area contributed by atoms with E-state index in [1.165, 1.54) is 11.3 Å². The van der Waals surface area contributed by atoms with E-state index in [0.29, 0.717) is 12.8 Å². The first-order valence-electron chi connectivity index (χ1n) is 7.86. The van der Waals surface area contributed by atoms with E-state index in [2.05, 4.69) is 28.9 Å². The highest BCUT2D eigenvalue weighted by Gasteiger charge is 2.46. The molecule has 1 saturated carbocycles. The van der Waals surface area contributed by atoms with Crippen LogP contribution in [0.15, 0.2) is 0 Å². The Morgan fingerprint density at radius 3 is 2.67 bits per heavy atom. The molecular weight excluding hydrogens is 266 g/mol. The summed E-state index contributed by atoms with van der Waals surface area (Å²) < 4.78 is 2.06. The van der Waals surface area contributed by atoms with Crippen LogP contribution in [0.25, 0.3) is 0 Å². The molecule has 1 aliphatic carbocycles. The summed E-state index contributed by atoms with van der Waals surface area (Å²) in [6.45, 7) is 10.3. The number of carbonyl (C=O) groups is 1. The molecule has 21 heavy (non-hydrogen) atoms. The van der Waals surface area contributed by atoms with Crippen molar-refractivity contribution in [3.63, 3.8) is 0 Å². The molecular formula is C16H27N3O2. The van der Waals surface area contributed by atoms with E-state index in [9.17, 15) is 9.90 Å². The Hall–Kier alpha value is -1.36. The van der Waals surface area contributed by atoms with Crippen LogP contribution in [-0.4, -0.2) is 32.4 Å². The lowest BCUT2D eigenvalue weighted by Gasteiger charge is -2.28. The van der Waals surface area contributed by atoms with Crippen molar-refractivity contribution in [2.24, 2.45) is 0 Å². The summed E-state index contributed by atoms with van der Waals surface area (Å²) in [5.74, 6) is -0.740. The molecule has 2 unspecified atom stereocenters. The molecule has 2 rings (SSSR count). The first-order chi connectivity index (χ1) is 9.80. The van der Waals surface area contributed by atoms with Crippen molar-refractivity contribution in [2.45, 2.75) is 77.9 Å². The van der Waals surface area contributed by atoms with Crippen molar-refractivity contribution in [3.8, 4) is 0 Å². The minimum absolute atomic E-state index is 0.159. The van der Waals surface area contributed by atoms with Gasteiger partial charge in [-0.15, -0.1) is 0 Å². The van der Waals surface area contributed by atoms with Crippen LogP contribution >= 0.6 is 0 Å². The minimum atomic E-state index is -0.808. The van der Waals surface area contributed by atoms with Gasteiger partial charge in [0.05, 0.1) is 11.7 Å². The number of aryl methyl sites for hydroxylation is 1. The van der Waals surface area contributed by atoms with Crippen molar-refractivity contribution < 1.29 is 9.90 Å². The molecule has 5 heteroatoms. The SMILES string of the molecule is CCc1c(C)nn(C2CCC(NC(C)C)(C(=O)O)C2)c1C. The van der Waals surface area contributed by atoms with Gasteiger partial charge in [0, 0.05) is 11.7 Å². The summed E-state index contributed by atoms with van der Waals surface area (Å²) in [7, 11) is 0. The number of hydrogen-bond acceptors (Lipinski definition) is 3. The van der Waals surface area contributed by atoms with Crippen molar-refractivity contribution in [3.05, 3.63) is 17.0 Å². The van der Waals surface area contributed by atoms with Gasteiger partial charge in [0.2, 0.25) is 0 Å². The monoisotopic (exact) mass is 293 g/mol. The van der Waals surface area contributed by atoms with Crippen molar-refractivity contribution in [1.82, 2.24) is 15.1 Å². The maximum Gasteiger partial charge on any atom is 0.323 e. The first-order valence-corrected chi connectivity index (χ1v) is 7.86. The zero-order valence-electron chi connectivity index (χ0n) is 13.7. The topological polar surface area (TPSA) is 67.2 Å². The number of aromatic nitrogens is 2. The summed E-state index contributed by atoms with van der Waals surface area (Å²) in [5, 5.41) is 17.6. The fourth-order valence-corrected chi connectivity index (χ4v) is 3.73. The second kappa shape index (κ2) is 5.79. The van der Waals surface area contributed by atoms with Gasteiger partial charge in [0.1, 0.15) is 5.54 Å². The van der Waals surface area contributed by atoms with Crippen LogP contribution in [0.5, 0.6) is 0 Å². The molecule has 1 aromatic rings. The van der Waals surface area contributed by atoms with Crippen LogP contribution in [0, 0.1) is 13.8 Å². The first kappa shape index (κ1) is 16.0. The quantitative estimate of drug-likeness (QED) is 0.875. The Balaban J connectivity index is 2.27. The van der Waals surface area contributed by atoms with Gasteiger partial charge in [-0.2, -0.15) is 5.10 Å². The zero-order chi connectivity index (χ0) is 15.8. The van der Waals surface area contributed by atoms with Crippen LogP contribution in [0.4, 0.5) is 0 Å². The Morgan fingerprint density at radius 2 is 2.19 bits per heavy atom. The molecule has 2 atom stereocenters. The number of carboxylic acid groups (broad SMARTS) is 1. The molecule has 118 valence electrons. The van der Waals surface area contributed by atoms with Gasteiger partial charge in [-0.05, 0) is 58.9 Å². The van der Waals surface area contributed by atoms with Crippen molar-refractivity contribution >= 4 is 5.97 Å². The van der Waals surface area contributed by atoms with Gasteiger partial charge < -0.3 is 5.11 Å². The standard InChI is InChI=1S/C16H27N3O2/c1-6-14-11(4)18-19(12(14)5)13-7-8-16(9-13,15(20)21)17-10(2)3/h10,13,17H,6-9H2,1-5H3,(H,20,21). The lowest BCUT2D eigenvalue weighted by molar-refractivity contribution is -0.145. The predicted molar refractivity (Wildman–Crippen MR) is 82.6 cm³/mol. The van der Waals surface area contributed by atoms with E-state index in [-0.39, 0.29) is 12.1 Å². The molecule has 1 fully saturated rings. The lowest BCUT2D eigenvalue weighted by atomic mass is 9.96. The van der Waals surface area contributed by atoms with Gasteiger partial charge in [0.25, 0.3) is 0 Å². The molecule has 0 aliphatic heterocycles. The van der Waals surface area contributed by atoms with Crippen LogP contribution in [0.3, 0.4) is 0 Å². The predicted octanol–water partition coefficient (Wildman–Crippen LogP) is 2.61. The molecule has 0 aromatic carbocycles. The zero-order valence-corrected chi connectivity index (χ0v) is 13.7. The second-order valence-electron chi connectivity index (χ2n) is 6.53. The van der Waals surface area contributed by atoms with Gasteiger partial charge in [0.15, 0.2) is 0 Å². The average Bonchev–Trinajstić information content (AvgIpc) is 2.91. The summed E-state index contributed by atoms with van der Waals surface area (Å²) in [6.07, 6.45) is 3.09. The highest BCUT2D eigenvalue weighted by Crippen LogP contribution is 2.39. The van der Waals surface area contributed by atoms with E-state index in [1.807, 2.05) is 20.8 Å². The van der Waals surface area contributed by atoms with E-state index >= 15 is 0 Å². The van der Waals surface area contributed by atoms with Crippen LogP contribution in [-0.2, 0) is 11.2 Å². The Labute approximate surface area is 126 Å². The average molecular weight is 293 g/mol. The van der Waals surface area contributed by atoms with Crippen LogP contribution in [0.1, 0.15) is 63.0 Å². The number of nitrogens with one attached hydrogen (secondary N) is 1. The van der Waals surface area contributed by atoms with Gasteiger partial charge in [-0.25, -0.2) is 0 Å². The molecule has 1 aliphatic rings. The number of carboxylic acids is 1. The summed E-state index contributed by atoms with van der Waals surface area (Å²) in [4.78, 5) is 11.8. The molecule has 5 nitrogen and oxygen atoms in total.